The van der Waals surface area contributed by atoms with Crippen LogP contribution in [0.3, 0.4) is 0 Å². The monoisotopic (exact) mass is 263 g/mol. The fourth-order valence-corrected chi connectivity index (χ4v) is 2.46. The third-order valence-corrected chi connectivity index (χ3v) is 3.57. The van der Waals surface area contributed by atoms with E-state index in [1.165, 1.54) is 0 Å². The van der Waals surface area contributed by atoms with Gasteiger partial charge in [-0.15, -0.1) is 0 Å². The Bertz CT molecular complexity index is 430. The second-order valence-electron chi connectivity index (χ2n) is 4.96. The number of nitrogens with zero attached hydrogens (tertiary/aromatic N) is 2. The third kappa shape index (κ3) is 3.44. The van der Waals surface area contributed by atoms with Gasteiger partial charge in [0.25, 0.3) is 5.91 Å². The first-order valence-electron chi connectivity index (χ1n) is 6.66. The number of ether oxygens (including phenoxy) is 1. The molecular formula is C14H21N3O2. The van der Waals surface area contributed by atoms with Crippen molar-refractivity contribution in [3.8, 4) is 5.75 Å². The highest BCUT2D eigenvalue weighted by atomic mass is 16.5. The van der Waals surface area contributed by atoms with Gasteiger partial charge in [0, 0.05) is 19.8 Å². The van der Waals surface area contributed by atoms with Gasteiger partial charge in [-0.25, -0.2) is 0 Å². The Kier molecular flexibility index (Phi) is 4.74. The number of methoxy groups -OCH3 is 1. The highest BCUT2D eigenvalue weighted by Gasteiger charge is 2.21. The molecule has 0 bridgehead atoms. The molecule has 104 valence electrons. The number of hydrogen-bond acceptors (Lipinski definition) is 4. The summed E-state index contributed by atoms with van der Waals surface area (Å²) in [7, 11) is 3.41. The van der Waals surface area contributed by atoms with Crippen molar-refractivity contribution in [1.82, 2.24) is 15.2 Å². The number of nitrogens with one attached hydrogen (secondary N) is 1. The van der Waals surface area contributed by atoms with Crippen molar-refractivity contribution >= 4 is 5.91 Å². The normalized spacial score (nSPS) is 16.1. The lowest BCUT2D eigenvalue weighted by molar-refractivity contribution is 0.0759. The maximum absolute atomic E-state index is 12.4. The maximum Gasteiger partial charge on any atom is 0.257 e. The molecule has 1 aliphatic heterocycles. The van der Waals surface area contributed by atoms with E-state index in [1.54, 1.807) is 30.5 Å². The first-order chi connectivity index (χ1) is 9.22. The average molecular weight is 263 g/mol. The summed E-state index contributed by atoms with van der Waals surface area (Å²) < 4.78 is 5.19. The fourth-order valence-electron chi connectivity index (χ4n) is 2.46. The minimum absolute atomic E-state index is 0.00205. The van der Waals surface area contributed by atoms with Crippen LogP contribution in [-0.4, -0.2) is 49.6 Å². The summed E-state index contributed by atoms with van der Waals surface area (Å²) in [6, 6.07) is 1.71. The van der Waals surface area contributed by atoms with Gasteiger partial charge in [0.15, 0.2) is 0 Å². The molecule has 1 aromatic rings. The zero-order valence-corrected chi connectivity index (χ0v) is 11.6. The van der Waals surface area contributed by atoms with Gasteiger partial charge in [0.05, 0.1) is 18.9 Å². The smallest absolute Gasteiger partial charge is 0.257 e. The van der Waals surface area contributed by atoms with Gasteiger partial charge in [-0.05, 0) is 37.9 Å². The Labute approximate surface area is 114 Å². The van der Waals surface area contributed by atoms with E-state index in [1.807, 2.05) is 7.05 Å². The van der Waals surface area contributed by atoms with Gasteiger partial charge in [0.1, 0.15) is 5.75 Å². The number of hydrogen-bond donors (Lipinski definition) is 1. The van der Waals surface area contributed by atoms with Crippen molar-refractivity contribution in [2.45, 2.75) is 12.8 Å². The number of carbonyl (C=O) groups excluding carboxylic acids is 1. The number of carbonyl (C=O) groups is 1. The number of aromatic nitrogens is 1. The van der Waals surface area contributed by atoms with Gasteiger partial charge >= 0.3 is 0 Å². The number of piperidine rings is 1. The molecule has 1 aromatic heterocycles. The van der Waals surface area contributed by atoms with E-state index < -0.39 is 0 Å². The molecule has 5 heteroatoms. The largest absolute Gasteiger partial charge is 0.494 e. The lowest BCUT2D eigenvalue weighted by Gasteiger charge is -2.27. The molecule has 2 rings (SSSR count). The van der Waals surface area contributed by atoms with Gasteiger partial charge in [-0.3, -0.25) is 9.78 Å². The SMILES string of the molecule is COc1cnccc1C(=O)N(C)CC1CCNCC1. The summed E-state index contributed by atoms with van der Waals surface area (Å²) >= 11 is 0. The highest BCUT2D eigenvalue weighted by molar-refractivity contribution is 5.96. The van der Waals surface area contributed by atoms with Gasteiger partial charge in [-0.2, -0.15) is 0 Å². The van der Waals surface area contributed by atoms with Crippen LogP contribution in [0.5, 0.6) is 5.75 Å². The lowest BCUT2D eigenvalue weighted by atomic mass is 9.97. The van der Waals surface area contributed by atoms with Crippen LogP contribution in [0.15, 0.2) is 18.5 Å². The molecule has 0 unspecified atom stereocenters. The first kappa shape index (κ1) is 13.8. The molecule has 0 saturated carbocycles. The van der Waals surface area contributed by atoms with E-state index in [-0.39, 0.29) is 5.91 Å². The predicted octanol–water partition coefficient (Wildman–Crippen LogP) is 1.16. The van der Waals surface area contributed by atoms with Gasteiger partial charge in [-0.1, -0.05) is 0 Å². The van der Waals surface area contributed by atoms with Crippen LogP contribution in [-0.2, 0) is 0 Å². The Morgan fingerprint density at radius 2 is 2.26 bits per heavy atom. The first-order valence-corrected chi connectivity index (χ1v) is 6.66. The van der Waals surface area contributed by atoms with E-state index in [4.69, 9.17) is 4.74 Å². The van der Waals surface area contributed by atoms with Gasteiger partial charge in [0.2, 0.25) is 0 Å². The molecule has 0 aliphatic carbocycles. The van der Waals surface area contributed by atoms with Crippen molar-refractivity contribution in [3.63, 3.8) is 0 Å². The van der Waals surface area contributed by atoms with Crippen LogP contribution < -0.4 is 10.1 Å². The standard InChI is InChI=1S/C14H21N3O2/c1-17(10-11-3-6-15-7-4-11)14(18)12-5-8-16-9-13(12)19-2/h5,8-9,11,15H,3-4,6-7,10H2,1-2H3. The zero-order chi connectivity index (χ0) is 13.7. The van der Waals surface area contributed by atoms with E-state index >= 15 is 0 Å². The molecule has 1 amide bonds. The Hall–Kier alpha value is -1.62. The van der Waals surface area contributed by atoms with Crippen LogP contribution >= 0.6 is 0 Å². The number of rotatable bonds is 4. The topological polar surface area (TPSA) is 54.5 Å². The number of pyridine rings is 1. The summed E-state index contributed by atoms with van der Waals surface area (Å²) in [6.07, 6.45) is 5.45. The fraction of sp³-hybridized carbons (Fsp3) is 0.571. The predicted molar refractivity (Wildman–Crippen MR) is 73.3 cm³/mol. The Morgan fingerprint density at radius 3 is 2.95 bits per heavy atom. The van der Waals surface area contributed by atoms with Crippen LogP contribution in [0.4, 0.5) is 0 Å². The summed E-state index contributed by atoms with van der Waals surface area (Å²) in [5.41, 5.74) is 0.578. The van der Waals surface area contributed by atoms with E-state index in [2.05, 4.69) is 10.3 Å². The molecular weight excluding hydrogens is 242 g/mol. The van der Waals surface area contributed by atoms with E-state index in [0.29, 0.717) is 17.2 Å². The van der Waals surface area contributed by atoms with Crippen molar-refractivity contribution in [2.75, 3.05) is 33.8 Å². The molecule has 5 nitrogen and oxygen atoms in total. The second kappa shape index (κ2) is 6.52. The summed E-state index contributed by atoms with van der Waals surface area (Å²) in [4.78, 5) is 18.2. The molecule has 0 atom stereocenters. The van der Waals surface area contributed by atoms with Crippen molar-refractivity contribution in [2.24, 2.45) is 5.92 Å². The van der Waals surface area contributed by atoms with E-state index in [9.17, 15) is 4.79 Å². The summed E-state index contributed by atoms with van der Waals surface area (Å²) in [5, 5.41) is 3.34. The van der Waals surface area contributed by atoms with Crippen molar-refractivity contribution in [3.05, 3.63) is 24.0 Å². The molecule has 1 N–H and O–H groups in total. The quantitative estimate of drug-likeness (QED) is 0.885. The van der Waals surface area contributed by atoms with Crippen LogP contribution in [0, 0.1) is 5.92 Å². The molecule has 2 heterocycles. The maximum atomic E-state index is 12.4. The minimum atomic E-state index is -0.00205. The minimum Gasteiger partial charge on any atom is -0.494 e. The van der Waals surface area contributed by atoms with Crippen LogP contribution in [0.1, 0.15) is 23.2 Å². The Morgan fingerprint density at radius 1 is 1.53 bits per heavy atom. The molecule has 0 aromatic carbocycles. The summed E-state index contributed by atoms with van der Waals surface area (Å²) in [6.45, 7) is 2.89. The molecule has 1 saturated heterocycles. The van der Waals surface area contributed by atoms with E-state index in [0.717, 1.165) is 32.5 Å². The van der Waals surface area contributed by atoms with Crippen LogP contribution in [0.25, 0.3) is 0 Å². The van der Waals surface area contributed by atoms with Crippen molar-refractivity contribution < 1.29 is 9.53 Å². The molecule has 19 heavy (non-hydrogen) atoms. The van der Waals surface area contributed by atoms with Crippen LogP contribution in [0.2, 0.25) is 0 Å². The second-order valence-corrected chi connectivity index (χ2v) is 4.96. The zero-order valence-electron chi connectivity index (χ0n) is 11.6. The third-order valence-electron chi connectivity index (χ3n) is 3.57. The summed E-state index contributed by atoms with van der Waals surface area (Å²) in [5.74, 6) is 1.12. The molecule has 1 fully saturated rings. The number of amides is 1. The highest BCUT2D eigenvalue weighted by Crippen LogP contribution is 2.19. The van der Waals surface area contributed by atoms with Crippen molar-refractivity contribution in [1.29, 1.82) is 0 Å². The molecule has 0 radical (unpaired) electrons. The average Bonchev–Trinajstić information content (AvgIpc) is 2.47. The van der Waals surface area contributed by atoms with Gasteiger partial charge < -0.3 is 15.0 Å². The Balaban J connectivity index is 2.01. The molecule has 0 spiro atoms. The molecule has 1 aliphatic rings. The lowest BCUT2D eigenvalue weighted by Crippen LogP contribution is -2.37.